The number of carbonyl (C=O) groups is 1. The minimum atomic E-state index is 0.173. The van der Waals surface area contributed by atoms with Crippen molar-refractivity contribution in [3.8, 4) is 5.75 Å². The van der Waals surface area contributed by atoms with Crippen LogP contribution in [0.3, 0.4) is 0 Å². The second-order valence-corrected chi connectivity index (χ2v) is 10.2. The lowest BCUT2D eigenvalue weighted by atomic mass is 9.93. The quantitative estimate of drug-likeness (QED) is 0.248. The molecule has 0 bridgehead atoms. The highest BCUT2D eigenvalue weighted by molar-refractivity contribution is 6.34. The molecule has 35 heavy (non-hydrogen) atoms. The fourth-order valence-electron chi connectivity index (χ4n) is 5.29. The monoisotopic (exact) mass is 503 g/mol. The van der Waals surface area contributed by atoms with Gasteiger partial charge in [-0.2, -0.15) is 0 Å². The summed E-state index contributed by atoms with van der Waals surface area (Å²) >= 11 is 12.7. The summed E-state index contributed by atoms with van der Waals surface area (Å²) in [6.07, 6.45) is 1.85. The number of ether oxygens (including phenoxy) is 1. The second kappa shape index (κ2) is 10.0. The van der Waals surface area contributed by atoms with Gasteiger partial charge in [0, 0.05) is 34.2 Å². The number of aldehydes is 1. The van der Waals surface area contributed by atoms with Crippen LogP contribution >= 0.6 is 23.2 Å². The van der Waals surface area contributed by atoms with Crippen molar-refractivity contribution in [1.29, 1.82) is 0 Å². The molecule has 1 heterocycles. The van der Waals surface area contributed by atoms with E-state index in [0.29, 0.717) is 21.5 Å². The normalized spacial score (nSPS) is 19.1. The number of rotatable bonds is 6. The lowest BCUT2D eigenvalue weighted by Gasteiger charge is -2.31. The number of benzene rings is 4. The lowest BCUT2D eigenvalue weighted by Crippen LogP contribution is -2.27. The molecule has 1 fully saturated rings. The van der Waals surface area contributed by atoms with Gasteiger partial charge in [0.05, 0.1) is 7.11 Å². The van der Waals surface area contributed by atoms with Gasteiger partial charge < -0.3 is 4.74 Å². The smallest absolute Gasteiger partial charge is 0.150 e. The summed E-state index contributed by atoms with van der Waals surface area (Å²) in [6.45, 7) is 3.13. The molecule has 1 aliphatic heterocycles. The number of nitrogens with zero attached hydrogens (tertiary/aromatic N) is 1. The first-order valence-electron chi connectivity index (χ1n) is 11.8. The van der Waals surface area contributed by atoms with Gasteiger partial charge in [-0.1, -0.05) is 65.7 Å². The van der Waals surface area contributed by atoms with Crippen LogP contribution in [0, 0.1) is 0 Å². The van der Waals surface area contributed by atoms with Crippen molar-refractivity contribution in [3.05, 3.63) is 111 Å². The average Bonchev–Trinajstić information content (AvgIpc) is 3.33. The van der Waals surface area contributed by atoms with Crippen molar-refractivity contribution < 1.29 is 9.53 Å². The summed E-state index contributed by atoms with van der Waals surface area (Å²) in [5.41, 5.74) is 4.34. The number of hydrogen-bond donors (Lipinski definition) is 0. The molecule has 0 amide bonds. The van der Waals surface area contributed by atoms with Crippen LogP contribution in [-0.4, -0.2) is 24.8 Å². The minimum Gasteiger partial charge on any atom is -0.497 e. The summed E-state index contributed by atoms with van der Waals surface area (Å²) in [5, 5.41) is 3.69. The highest BCUT2D eigenvalue weighted by Crippen LogP contribution is 2.46. The molecule has 178 valence electrons. The molecule has 0 saturated carbocycles. The molecule has 4 aromatic rings. The fraction of sp³-hybridized carbons (Fsp3) is 0.233. The Kier molecular flexibility index (Phi) is 6.84. The largest absolute Gasteiger partial charge is 0.497 e. The van der Waals surface area contributed by atoms with Gasteiger partial charge in [-0.3, -0.25) is 9.69 Å². The molecule has 3 nitrogen and oxygen atoms in total. The van der Waals surface area contributed by atoms with E-state index in [1.807, 2.05) is 30.3 Å². The number of likely N-dealkylation sites (tertiary alicyclic amines) is 1. The van der Waals surface area contributed by atoms with Crippen LogP contribution in [0.4, 0.5) is 0 Å². The van der Waals surface area contributed by atoms with E-state index in [4.69, 9.17) is 27.9 Å². The van der Waals surface area contributed by atoms with Crippen LogP contribution in [0.1, 0.15) is 58.4 Å². The molecule has 5 rings (SSSR count). The first-order valence-corrected chi connectivity index (χ1v) is 12.6. The van der Waals surface area contributed by atoms with E-state index in [1.54, 1.807) is 13.2 Å². The van der Waals surface area contributed by atoms with Crippen LogP contribution in [0.5, 0.6) is 5.75 Å². The fourth-order valence-corrected chi connectivity index (χ4v) is 5.83. The van der Waals surface area contributed by atoms with Crippen LogP contribution < -0.4 is 4.74 Å². The Morgan fingerprint density at radius 3 is 2.26 bits per heavy atom. The summed E-state index contributed by atoms with van der Waals surface area (Å²) < 4.78 is 5.40. The third kappa shape index (κ3) is 4.95. The number of halogens is 2. The molecule has 0 spiro atoms. The molecule has 0 aliphatic carbocycles. The van der Waals surface area contributed by atoms with Crippen molar-refractivity contribution >= 4 is 40.3 Å². The third-order valence-corrected chi connectivity index (χ3v) is 7.64. The Balaban J connectivity index is 1.53. The highest BCUT2D eigenvalue weighted by atomic mass is 35.5. The van der Waals surface area contributed by atoms with E-state index in [1.165, 1.54) is 22.1 Å². The standard InChI is InChI=1S/C30H27Cl2NO2/c1-19(21-5-3-20(18-34)4-6-21)33-17-26(25-12-27(31)16-28(32)13-25)15-30(33)24-8-7-23-14-29(35-2)10-9-22(23)11-24/h3-14,16,18-19,26,30H,15,17H2,1-2H3/t19?,26-,30+/m0/s1. The molecular weight excluding hydrogens is 477 g/mol. The van der Waals surface area contributed by atoms with E-state index in [-0.39, 0.29) is 12.1 Å². The van der Waals surface area contributed by atoms with Gasteiger partial charge in [0.15, 0.2) is 0 Å². The Morgan fingerprint density at radius 2 is 1.57 bits per heavy atom. The van der Waals surface area contributed by atoms with Crippen molar-refractivity contribution in [3.63, 3.8) is 0 Å². The molecule has 0 aromatic heterocycles. The average molecular weight is 504 g/mol. The Labute approximate surface area is 216 Å². The van der Waals surface area contributed by atoms with Gasteiger partial charge in [0.2, 0.25) is 0 Å². The molecule has 1 unspecified atom stereocenters. The summed E-state index contributed by atoms with van der Waals surface area (Å²) in [7, 11) is 1.69. The molecule has 0 radical (unpaired) electrons. The van der Waals surface area contributed by atoms with E-state index in [0.717, 1.165) is 30.4 Å². The zero-order valence-electron chi connectivity index (χ0n) is 19.7. The molecular formula is C30H27Cl2NO2. The highest BCUT2D eigenvalue weighted by Gasteiger charge is 2.37. The molecule has 1 aliphatic rings. The van der Waals surface area contributed by atoms with E-state index < -0.39 is 0 Å². The number of fused-ring (bicyclic) bond motifs is 1. The topological polar surface area (TPSA) is 29.5 Å². The first kappa shape index (κ1) is 23.9. The maximum Gasteiger partial charge on any atom is 0.150 e. The van der Waals surface area contributed by atoms with Crippen molar-refractivity contribution in [2.24, 2.45) is 0 Å². The van der Waals surface area contributed by atoms with Gasteiger partial charge in [-0.25, -0.2) is 0 Å². The van der Waals surface area contributed by atoms with Gasteiger partial charge in [0.1, 0.15) is 12.0 Å². The number of hydrogen-bond acceptors (Lipinski definition) is 3. The molecule has 5 heteroatoms. The van der Waals surface area contributed by atoms with Gasteiger partial charge in [-0.05, 0) is 83.1 Å². The van der Waals surface area contributed by atoms with Crippen molar-refractivity contribution in [2.75, 3.05) is 13.7 Å². The van der Waals surface area contributed by atoms with Crippen molar-refractivity contribution in [2.45, 2.75) is 31.3 Å². The summed E-state index contributed by atoms with van der Waals surface area (Å²) in [6, 6.07) is 27.0. The minimum absolute atomic E-state index is 0.173. The van der Waals surface area contributed by atoms with E-state index in [2.05, 4.69) is 54.3 Å². The lowest BCUT2D eigenvalue weighted by molar-refractivity contribution is 0.112. The van der Waals surface area contributed by atoms with Gasteiger partial charge in [0.25, 0.3) is 0 Å². The predicted octanol–water partition coefficient (Wildman–Crippen LogP) is 8.26. The first-order chi connectivity index (χ1) is 16.9. The molecule has 4 aromatic carbocycles. The predicted molar refractivity (Wildman–Crippen MR) is 144 cm³/mol. The number of methoxy groups -OCH3 is 1. The SMILES string of the molecule is COc1ccc2cc([C@H]3C[C@H](c4cc(Cl)cc(Cl)c4)CN3C(C)c3ccc(C=O)cc3)ccc2c1. The van der Waals surface area contributed by atoms with Crippen LogP contribution in [0.2, 0.25) is 10.0 Å². The van der Waals surface area contributed by atoms with E-state index in [9.17, 15) is 4.79 Å². The molecule has 1 saturated heterocycles. The van der Waals surface area contributed by atoms with Crippen LogP contribution in [-0.2, 0) is 0 Å². The van der Waals surface area contributed by atoms with Gasteiger partial charge in [-0.15, -0.1) is 0 Å². The Hall–Kier alpha value is -2.85. The van der Waals surface area contributed by atoms with Gasteiger partial charge >= 0.3 is 0 Å². The summed E-state index contributed by atoms with van der Waals surface area (Å²) in [5.74, 6) is 1.16. The number of carbonyl (C=O) groups excluding carboxylic acids is 1. The zero-order valence-corrected chi connectivity index (χ0v) is 21.3. The second-order valence-electron chi connectivity index (χ2n) is 9.28. The van der Waals surface area contributed by atoms with Crippen molar-refractivity contribution in [1.82, 2.24) is 4.90 Å². The zero-order chi connectivity index (χ0) is 24.5. The van der Waals surface area contributed by atoms with Crippen LogP contribution in [0.25, 0.3) is 10.8 Å². The third-order valence-electron chi connectivity index (χ3n) is 7.20. The maximum absolute atomic E-state index is 11.1. The Morgan fingerprint density at radius 1 is 0.886 bits per heavy atom. The van der Waals surface area contributed by atoms with E-state index >= 15 is 0 Å². The Bertz CT molecular complexity index is 1350. The van der Waals surface area contributed by atoms with Crippen LogP contribution in [0.15, 0.2) is 78.9 Å². The summed E-state index contributed by atoms with van der Waals surface area (Å²) in [4.78, 5) is 13.7. The molecule has 0 N–H and O–H groups in total. The molecule has 3 atom stereocenters. The maximum atomic E-state index is 11.1.